The zero-order valence-corrected chi connectivity index (χ0v) is 11.5. The van der Waals surface area contributed by atoms with Crippen LogP contribution in [0.15, 0.2) is 12.5 Å². The van der Waals surface area contributed by atoms with Crippen LogP contribution in [0.5, 0.6) is 0 Å². The van der Waals surface area contributed by atoms with E-state index in [0.29, 0.717) is 32.6 Å². The molecule has 2 heterocycles. The summed E-state index contributed by atoms with van der Waals surface area (Å²) in [6, 6.07) is 0. The van der Waals surface area contributed by atoms with Crippen LogP contribution in [0, 0.1) is 0 Å². The van der Waals surface area contributed by atoms with Gasteiger partial charge in [0.25, 0.3) is 0 Å². The number of hydrogen-bond donors (Lipinski definition) is 1. The van der Waals surface area contributed by atoms with Crippen LogP contribution in [0.4, 0.5) is 0 Å². The van der Waals surface area contributed by atoms with Gasteiger partial charge in [-0.25, -0.2) is 4.98 Å². The summed E-state index contributed by atoms with van der Waals surface area (Å²) in [7, 11) is 3.63. The number of hydrogen-bond acceptors (Lipinski definition) is 4. The van der Waals surface area contributed by atoms with E-state index in [9.17, 15) is 9.90 Å². The highest BCUT2D eigenvalue weighted by Crippen LogP contribution is 2.25. The minimum Gasteiger partial charge on any atom is -0.389 e. The number of carbonyl (C=O) groups excluding carboxylic acids is 1. The number of amides is 1. The summed E-state index contributed by atoms with van der Waals surface area (Å²) >= 11 is 0. The lowest BCUT2D eigenvalue weighted by Crippen LogP contribution is -2.41. The molecule has 1 aromatic heterocycles. The van der Waals surface area contributed by atoms with Crippen LogP contribution in [0.3, 0.4) is 0 Å². The first-order valence-corrected chi connectivity index (χ1v) is 6.49. The molecule has 1 aliphatic heterocycles. The lowest BCUT2D eigenvalue weighted by atomic mass is 9.90. The topological polar surface area (TPSA) is 67.6 Å². The molecule has 6 heteroatoms. The molecule has 2 rings (SSSR count). The fraction of sp³-hybridized carbons (Fsp3) is 0.692. The molecule has 106 valence electrons. The van der Waals surface area contributed by atoms with Crippen molar-refractivity contribution in [2.24, 2.45) is 7.05 Å². The van der Waals surface area contributed by atoms with Gasteiger partial charge in [-0.1, -0.05) is 0 Å². The third-order valence-electron chi connectivity index (χ3n) is 3.49. The third kappa shape index (κ3) is 3.78. The van der Waals surface area contributed by atoms with Crippen molar-refractivity contribution in [3.05, 3.63) is 18.2 Å². The molecule has 1 amide bonds. The van der Waals surface area contributed by atoms with Crippen LogP contribution < -0.4 is 0 Å². The molecule has 0 aliphatic carbocycles. The predicted molar refractivity (Wildman–Crippen MR) is 69.3 cm³/mol. The maximum Gasteiger partial charge on any atom is 0.225 e. The van der Waals surface area contributed by atoms with E-state index in [1.807, 2.05) is 17.8 Å². The Balaban J connectivity index is 1.88. The highest BCUT2D eigenvalue weighted by Gasteiger charge is 2.33. The van der Waals surface area contributed by atoms with Gasteiger partial charge in [-0.05, 0) is 0 Å². The van der Waals surface area contributed by atoms with Gasteiger partial charge in [-0.15, -0.1) is 0 Å². The molecule has 1 N–H and O–H groups in total. The molecule has 1 fully saturated rings. The second kappa shape index (κ2) is 5.71. The number of ether oxygens (including phenoxy) is 1. The predicted octanol–water partition coefficient (Wildman–Crippen LogP) is 0.310. The van der Waals surface area contributed by atoms with Crippen molar-refractivity contribution in [3.63, 3.8) is 0 Å². The largest absolute Gasteiger partial charge is 0.389 e. The molecule has 1 saturated heterocycles. The normalized spacial score (nSPS) is 18.3. The standard InChI is InChI=1S/C13H21N3O3/c1-15-8-11(14-10-15)9-16(2)12(17)7-13(18)3-5-19-6-4-13/h8,10,18H,3-7,9H2,1-2H3. The Hall–Kier alpha value is -1.40. The van der Waals surface area contributed by atoms with Gasteiger partial charge in [0.05, 0.1) is 30.6 Å². The van der Waals surface area contributed by atoms with Crippen molar-refractivity contribution < 1.29 is 14.6 Å². The first-order valence-electron chi connectivity index (χ1n) is 6.49. The molecule has 1 aromatic rings. The van der Waals surface area contributed by atoms with Gasteiger partial charge in [-0.3, -0.25) is 4.79 Å². The number of aromatic nitrogens is 2. The Morgan fingerprint density at radius 1 is 1.58 bits per heavy atom. The van der Waals surface area contributed by atoms with Gasteiger partial charge in [-0.2, -0.15) is 0 Å². The average Bonchev–Trinajstić information content (AvgIpc) is 2.75. The smallest absolute Gasteiger partial charge is 0.225 e. The molecule has 1 aliphatic rings. The monoisotopic (exact) mass is 267 g/mol. The van der Waals surface area contributed by atoms with E-state index in [-0.39, 0.29) is 12.3 Å². The van der Waals surface area contributed by atoms with Crippen LogP contribution in [-0.2, 0) is 23.1 Å². The molecule has 6 nitrogen and oxygen atoms in total. The van der Waals surface area contributed by atoms with E-state index in [4.69, 9.17) is 4.74 Å². The Kier molecular flexibility index (Phi) is 4.21. The summed E-state index contributed by atoms with van der Waals surface area (Å²) < 4.78 is 7.05. The van der Waals surface area contributed by atoms with Gasteiger partial charge in [0.1, 0.15) is 0 Å². The summed E-state index contributed by atoms with van der Waals surface area (Å²) in [5.74, 6) is -0.0601. The first kappa shape index (κ1) is 14.0. The van der Waals surface area contributed by atoms with Crippen molar-refractivity contribution in [3.8, 4) is 0 Å². The number of imidazole rings is 1. The van der Waals surface area contributed by atoms with E-state index < -0.39 is 5.60 Å². The first-order chi connectivity index (χ1) is 8.98. The van der Waals surface area contributed by atoms with Gasteiger partial charge in [0.2, 0.25) is 5.91 Å². The maximum atomic E-state index is 12.1. The minimum absolute atomic E-state index is 0.0601. The summed E-state index contributed by atoms with van der Waals surface area (Å²) in [4.78, 5) is 17.9. The number of aliphatic hydroxyl groups is 1. The molecule has 0 atom stereocenters. The second-order valence-electron chi connectivity index (χ2n) is 5.29. The zero-order chi connectivity index (χ0) is 13.9. The van der Waals surface area contributed by atoms with Gasteiger partial charge in [0, 0.05) is 46.3 Å². The van der Waals surface area contributed by atoms with E-state index in [2.05, 4.69) is 4.98 Å². The molecule has 0 saturated carbocycles. The van der Waals surface area contributed by atoms with E-state index in [1.165, 1.54) is 0 Å². The summed E-state index contributed by atoms with van der Waals surface area (Å²) in [6.45, 7) is 1.51. The van der Waals surface area contributed by atoms with Crippen LogP contribution in [0.25, 0.3) is 0 Å². The molecular formula is C13H21N3O3. The van der Waals surface area contributed by atoms with Gasteiger partial charge >= 0.3 is 0 Å². The number of nitrogens with zero attached hydrogens (tertiary/aromatic N) is 3. The number of aryl methyl sites for hydroxylation is 1. The number of rotatable bonds is 4. The summed E-state index contributed by atoms with van der Waals surface area (Å²) in [5, 5.41) is 10.3. The molecule has 19 heavy (non-hydrogen) atoms. The van der Waals surface area contributed by atoms with Gasteiger partial charge < -0.3 is 19.3 Å². The molecule has 0 radical (unpaired) electrons. The van der Waals surface area contributed by atoms with Crippen LogP contribution in [0.2, 0.25) is 0 Å². The average molecular weight is 267 g/mol. The summed E-state index contributed by atoms with van der Waals surface area (Å²) in [5.41, 5.74) is -0.0643. The van der Waals surface area contributed by atoms with E-state index in [1.54, 1.807) is 18.3 Å². The van der Waals surface area contributed by atoms with Crippen molar-refractivity contribution in [1.29, 1.82) is 0 Å². The van der Waals surface area contributed by atoms with Gasteiger partial charge in [0.15, 0.2) is 0 Å². The fourth-order valence-electron chi connectivity index (χ4n) is 2.22. The number of carbonyl (C=O) groups is 1. The van der Waals surface area contributed by atoms with Crippen LogP contribution in [0.1, 0.15) is 25.0 Å². The summed E-state index contributed by atoms with van der Waals surface area (Å²) in [6.07, 6.45) is 4.79. The maximum absolute atomic E-state index is 12.1. The van der Waals surface area contributed by atoms with E-state index >= 15 is 0 Å². The zero-order valence-electron chi connectivity index (χ0n) is 11.5. The second-order valence-corrected chi connectivity index (χ2v) is 5.29. The molecular weight excluding hydrogens is 246 g/mol. The van der Waals surface area contributed by atoms with Crippen molar-refractivity contribution in [2.75, 3.05) is 20.3 Å². The lowest BCUT2D eigenvalue weighted by Gasteiger charge is -2.32. The Morgan fingerprint density at radius 2 is 2.26 bits per heavy atom. The van der Waals surface area contributed by atoms with Crippen LogP contribution >= 0.6 is 0 Å². The lowest BCUT2D eigenvalue weighted by molar-refractivity contribution is -0.140. The Morgan fingerprint density at radius 3 is 2.84 bits per heavy atom. The molecule has 0 spiro atoms. The van der Waals surface area contributed by atoms with Crippen LogP contribution in [-0.4, -0.2) is 51.3 Å². The Labute approximate surface area is 113 Å². The van der Waals surface area contributed by atoms with E-state index in [0.717, 1.165) is 5.69 Å². The minimum atomic E-state index is -0.909. The Bertz CT molecular complexity index is 438. The highest BCUT2D eigenvalue weighted by molar-refractivity contribution is 5.77. The molecule has 0 bridgehead atoms. The third-order valence-corrected chi connectivity index (χ3v) is 3.49. The highest BCUT2D eigenvalue weighted by atomic mass is 16.5. The molecule has 0 aromatic carbocycles. The fourth-order valence-corrected chi connectivity index (χ4v) is 2.22. The van der Waals surface area contributed by atoms with Crippen molar-refractivity contribution in [1.82, 2.24) is 14.5 Å². The van der Waals surface area contributed by atoms with Crippen molar-refractivity contribution in [2.45, 2.75) is 31.4 Å². The van der Waals surface area contributed by atoms with Crippen molar-refractivity contribution >= 4 is 5.91 Å². The quantitative estimate of drug-likeness (QED) is 0.852. The SMILES string of the molecule is CN(Cc1cn(C)cn1)C(=O)CC1(O)CCOCC1. The molecule has 0 unspecified atom stereocenters.